The number of carbonyl (C=O) groups excluding carboxylic acids is 1. The lowest BCUT2D eigenvalue weighted by Crippen LogP contribution is -2.23. The average molecular weight is 382 g/mol. The van der Waals surface area contributed by atoms with Crippen LogP contribution in [0.3, 0.4) is 0 Å². The monoisotopic (exact) mass is 382 g/mol. The van der Waals surface area contributed by atoms with E-state index >= 15 is 0 Å². The topological polar surface area (TPSA) is 99.9 Å². The number of rotatable bonds is 10. The van der Waals surface area contributed by atoms with Gasteiger partial charge in [-0.1, -0.05) is 25.5 Å². The molecule has 28 heavy (non-hydrogen) atoms. The Morgan fingerprint density at radius 2 is 2.04 bits per heavy atom. The van der Waals surface area contributed by atoms with E-state index in [2.05, 4.69) is 27.2 Å². The Labute approximate surface area is 163 Å². The lowest BCUT2D eigenvalue weighted by Gasteiger charge is -2.11. The number of unbranched alkanes of at least 4 members (excludes halogenated alkanes) is 1. The van der Waals surface area contributed by atoms with Gasteiger partial charge in [0.25, 0.3) is 0 Å². The summed E-state index contributed by atoms with van der Waals surface area (Å²) in [5.41, 5.74) is 3.35. The highest BCUT2D eigenvalue weighted by Crippen LogP contribution is 2.15. The molecule has 0 bridgehead atoms. The number of aromatic amines is 2. The SMILES string of the molecule is CCCCOc1ncccc1CNC(=O)CCCc1ccc2[nH]c(=O)[nH]c2c1. The van der Waals surface area contributed by atoms with E-state index in [1.807, 2.05) is 30.3 Å². The molecule has 0 saturated carbocycles. The van der Waals surface area contributed by atoms with E-state index in [1.165, 1.54) is 0 Å². The lowest BCUT2D eigenvalue weighted by molar-refractivity contribution is -0.121. The molecule has 0 spiro atoms. The van der Waals surface area contributed by atoms with Gasteiger partial charge in [-0.3, -0.25) is 4.79 Å². The van der Waals surface area contributed by atoms with Crippen LogP contribution in [0.4, 0.5) is 0 Å². The van der Waals surface area contributed by atoms with Crippen LogP contribution in [-0.2, 0) is 17.8 Å². The van der Waals surface area contributed by atoms with Crippen molar-refractivity contribution >= 4 is 16.9 Å². The first-order chi connectivity index (χ1) is 13.7. The number of H-pyrrole nitrogens is 2. The molecule has 3 aromatic rings. The average Bonchev–Trinajstić information content (AvgIpc) is 3.07. The number of amides is 1. The van der Waals surface area contributed by atoms with Crippen molar-refractivity contribution in [1.82, 2.24) is 20.3 Å². The maximum atomic E-state index is 12.2. The van der Waals surface area contributed by atoms with E-state index in [0.717, 1.165) is 47.8 Å². The van der Waals surface area contributed by atoms with Gasteiger partial charge in [0.2, 0.25) is 11.8 Å². The molecule has 2 heterocycles. The van der Waals surface area contributed by atoms with Gasteiger partial charge in [-0.25, -0.2) is 9.78 Å². The van der Waals surface area contributed by atoms with Crippen LogP contribution in [0.1, 0.15) is 43.7 Å². The summed E-state index contributed by atoms with van der Waals surface area (Å²) < 4.78 is 5.70. The van der Waals surface area contributed by atoms with Gasteiger partial charge < -0.3 is 20.0 Å². The van der Waals surface area contributed by atoms with E-state index in [9.17, 15) is 9.59 Å². The Bertz CT molecular complexity index is 977. The maximum absolute atomic E-state index is 12.2. The molecule has 1 aromatic carbocycles. The molecule has 0 saturated heterocycles. The van der Waals surface area contributed by atoms with E-state index in [0.29, 0.717) is 25.5 Å². The summed E-state index contributed by atoms with van der Waals surface area (Å²) >= 11 is 0. The van der Waals surface area contributed by atoms with Gasteiger partial charge in [0.1, 0.15) is 0 Å². The van der Waals surface area contributed by atoms with Crippen molar-refractivity contribution in [2.24, 2.45) is 0 Å². The van der Waals surface area contributed by atoms with Crippen LogP contribution in [0.15, 0.2) is 41.3 Å². The summed E-state index contributed by atoms with van der Waals surface area (Å²) in [5.74, 6) is 0.588. The number of aromatic nitrogens is 3. The van der Waals surface area contributed by atoms with Crippen LogP contribution in [-0.4, -0.2) is 27.5 Å². The Kier molecular flexibility index (Phi) is 6.84. The molecule has 1 amide bonds. The van der Waals surface area contributed by atoms with Gasteiger partial charge in [-0.2, -0.15) is 0 Å². The third-order valence-electron chi connectivity index (χ3n) is 4.51. The predicted octanol–water partition coefficient (Wildman–Crippen LogP) is 3.07. The first kappa shape index (κ1) is 19.7. The minimum absolute atomic E-state index is 0.000472. The van der Waals surface area contributed by atoms with Gasteiger partial charge in [0, 0.05) is 24.7 Å². The largest absolute Gasteiger partial charge is 0.477 e. The Hall–Kier alpha value is -3.09. The van der Waals surface area contributed by atoms with Gasteiger partial charge in [0.05, 0.1) is 17.6 Å². The van der Waals surface area contributed by atoms with Crippen molar-refractivity contribution in [1.29, 1.82) is 0 Å². The number of hydrogen-bond acceptors (Lipinski definition) is 4. The van der Waals surface area contributed by atoms with Crippen LogP contribution < -0.4 is 15.7 Å². The summed E-state index contributed by atoms with van der Waals surface area (Å²) in [6, 6.07) is 9.56. The normalized spacial score (nSPS) is 10.9. The van der Waals surface area contributed by atoms with Gasteiger partial charge in [-0.15, -0.1) is 0 Å². The highest BCUT2D eigenvalue weighted by molar-refractivity contribution is 5.76. The van der Waals surface area contributed by atoms with Crippen LogP contribution in [0.25, 0.3) is 11.0 Å². The second kappa shape index (κ2) is 9.73. The Morgan fingerprint density at radius 1 is 1.18 bits per heavy atom. The molecule has 3 rings (SSSR count). The molecule has 7 nitrogen and oxygen atoms in total. The summed E-state index contributed by atoms with van der Waals surface area (Å²) in [7, 11) is 0. The van der Waals surface area contributed by atoms with Crippen LogP contribution in [0.5, 0.6) is 5.88 Å². The van der Waals surface area contributed by atoms with Crippen molar-refractivity contribution in [3.8, 4) is 5.88 Å². The zero-order chi connectivity index (χ0) is 19.8. The number of nitrogens with one attached hydrogen (secondary N) is 3. The summed E-state index contributed by atoms with van der Waals surface area (Å²) in [6.45, 7) is 3.15. The number of nitrogens with zero attached hydrogens (tertiary/aromatic N) is 1. The fourth-order valence-corrected chi connectivity index (χ4v) is 2.97. The van der Waals surface area contributed by atoms with Crippen molar-refractivity contribution in [2.45, 2.75) is 45.6 Å². The highest BCUT2D eigenvalue weighted by Gasteiger charge is 2.08. The minimum Gasteiger partial charge on any atom is -0.477 e. The summed E-state index contributed by atoms with van der Waals surface area (Å²) in [6.07, 6.45) is 5.68. The maximum Gasteiger partial charge on any atom is 0.323 e. The molecule has 0 radical (unpaired) electrons. The number of carbonyl (C=O) groups is 1. The molecular formula is C21H26N4O3. The molecule has 3 N–H and O–H groups in total. The Balaban J connectivity index is 1.45. The Morgan fingerprint density at radius 3 is 2.89 bits per heavy atom. The number of benzene rings is 1. The van der Waals surface area contributed by atoms with Crippen LogP contribution in [0, 0.1) is 0 Å². The van der Waals surface area contributed by atoms with E-state index in [1.54, 1.807) is 6.20 Å². The molecule has 7 heteroatoms. The highest BCUT2D eigenvalue weighted by atomic mass is 16.5. The molecule has 148 valence electrons. The predicted molar refractivity (Wildman–Crippen MR) is 108 cm³/mol. The number of aryl methyl sites for hydroxylation is 1. The second-order valence-corrected chi connectivity index (χ2v) is 6.76. The molecule has 0 aliphatic carbocycles. The third kappa shape index (κ3) is 5.45. The molecule has 2 aromatic heterocycles. The standard InChI is InChI=1S/C21H26N4O3/c1-2-3-12-28-20-16(7-5-11-22-20)14-23-19(26)8-4-6-15-9-10-17-18(13-15)25-21(27)24-17/h5,7,9-11,13H,2-4,6,8,12,14H2,1H3,(H,23,26)(H2,24,25,27). The summed E-state index contributed by atoms with van der Waals surface area (Å²) in [4.78, 5) is 33.2. The number of pyridine rings is 1. The number of ether oxygens (including phenoxy) is 1. The fourth-order valence-electron chi connectivity index (χ4n) is 2.97. The van der Waals surface area contributed by atoms with E-state index in [4.69, 9.17) is 4.74 Å². The van der Waals surface area contributed by atoms with Crippen molar-refractivity contribution in [3.63, 3.8) is 0 Å². The first-order valence-electron chi connectivity index (χ1n) is 9.70. The van der Waals surface area contributed by atoms with E-state index in [-0.39, 0.29) is 11.6 Å². The van der Waals surface area contributed by atoms with E-state index < -0.39 is 0 Å². The van der Waals surface area contributed by atoms with Gasteiger partial charge in [-0.05, 0) is 43.0 Å². The molecule has 0 aliphatic rings. The first-order valence-corrected chi connectivity index (χ1v) is 9.70. The van der Waals surface area contributed by atoms with Crippen LogP contribution >= 0.6 is 0 Å². The molecule has 0 unspecified atom stereocenters. The molecule has 0 atom stereocenters. The molecule has 0 fully saturated rings. The molecular weight excluding hydrogens is 356 g/mol. The zero-order valence-corrected chi connectivity index (χ0v) is 16.1. The van der Waals surface area contributed by atoms with Gasteiger partial charge in [0.15, 0.2) is 0 Å². The number of fused-ring (bicyclic) bond motifs is 1. The lowest BCUT2D eigenvalue weighted by atomic mass is 10.1. The summed E-state index contributed by atoms with van der Waals surface area (Å²) in [5, 5.41) is 2.94. The smallest absolute Gasteiger partial charge is 0.323 e. The zero-order valence-electron chi connectivity index (χ0n) is 16.1. The molecule has 0 aliphatic heterocycles. The second-order valence-electron chi connectivity index (χ2n) is 6.76. The number of hydrogen-bond donors (Lipinski definition) is 3. The van der Waals surface area contributed by atoms with Crippen molar-refractivity contribution in [3.05, 3.63) is 58.1 Å². The minimum atomic E-state index is -0.208. The van der Waals surface area contributed by atoms with Crippen molar-refractivity contribution in [2.75, 3.05) is 6.61 Å². The quantitative estimate of drug-likeness (QED) is 0.469. The van der Waals surface area contributed by atoms with Gasteiger partial charge >= 0.3 is 5.69 Å². The van der Waals surface area contributed by atoms with Crippen LogP contribution in [0.2, 0.25) is 0 Å². The third-order valence-corrected chi connectivity index (χ3v) is 4.51. The fraction of sp³-hybridized carbons (Fsp3) is 0.381. The number of imidazole rings is 1. The van der Waals surface area contributed by atoms with Crippen molar-refractivity contribution < 1.29 is 9.53 Å².